The van der Waals surface area contributed by atoms with Crippen molar-refractivity contribution in [3.05, 3.63) is 59.7 Å². The second-order valence-electron chi connectivity index (χ2n) is 7.23. The molecule has 4 N–H and O–H groups in total. The van der Waals surface area contributed by atoms with Crippen molar-refractivity contribution in [1.29, 1.82) is 0 Å². The normalized spacial score (nSPS) is 11.0. The van der Waals surface area contributed by atoms with Crippen LogP contribution in [0.2, 0.25) is 0 Å². The van der Waals surface area contributed by atoms with Gasteiger partial charge in [0.2, 0.25) is 0 Å². The molecule has 0 spiro atoms. The molecule has 0 amide bonds. The highest BCUT2D eigenvalue weighted by Gasteiger charge is 2.00. The molecule has 0 saturated heterocycles. The molecule has 2 aromatic carbocycles. The van der Waals surface area contributed by atoms with E-state index in [4.69, 9.17) is 25.2 Å². The Labute approximate surface area is 200 Å². The fourth-order valence-corrected chi connectivity index (χ4v) is 2.57. The molecule has 0 radical (unpaired) electrons. The van der Waals surface area contributed by atoms with E-state index in [0.29, 0.717) is 25.4 Å². The van der Waals surface area contributed by atoms with Crippen LogP contribution < -0.4 is 4.74 Å². The lowest BCUT2D eigenvalue weighted by Gasteiger charge is -2.17. The molecule has 0 aliphatic carbocycles. The monoisotopic (exact) mass is 474 g/mol. The van der Waals surface area contributed by atoms with Gasteiger partial charge in [0.05, 0.1) is 25.5 Å². The summed E-state index contributed by atoms with van der Waals surface area (Å²) in [6.45, 7) is 1.41. The van der Waals surface area contributed by atoms with E-state index in [9.17, 15) is 4.79 Å². The highest BCUT2D eigenvalue weighted by Crippen LogP contribution is 2.17. The molecule has 0 fully saturated rings. The summed E-state index contributed by atoms with van der Waals surface area (Å²) in [7, 11) is 3.64. The lowest BCUT2D eigenvalue weighted by atomic mass is 10.1. The largest absolute Gasteiger partial charge is 0.482 e. The van der Waals surface area contributed by atoms with E-state index < -0.39 is 5.97 Å². The zero-order chi connectivity index (χ0) is 25.2. The van der Waals surface area contributed by atoms with Crippen LogP contribution in [0.4, 0.5) is 5.69 Å². The van der Waals surface area contributed by atoms with Crippen molar-refractivity contribution in [2.45, 2.75) is 0 Å². The molecular formula is C24H34N4O6. The molecule has 2 rings (SSSR count). The predicted molar refractivity (Wildman–Crippen MR) is 131 cm³/mol. The molecule has 0 aliphatic rings. The lowest BCUT2D eigenvalue weighted by molar-refractivity contribution is -0.139. The maximum absolute atomic E-state index is 10.4. The Morgan fingerprint density at radius 3 is 1.74 bits per heavy atom. The van der Waals surface area contributed by atoms with Crippen molar-refractivity contribution in [1.82, 2.24) is 9.91 Å². The third kappa shape index (κ3) is 13.3. The molecule has 186 valence electrons. The van der Waals surface area contributed by atoms with Crippen LogP contribution >= 0.6 is 0 Å². The Kier molecular flexibility index (Phi) is 14.5. The minimum Gasteiger partial charge on any atom is -0.482 e. The molecule has 0 aliphatic heterocycles. The lowest BCUT2D eigenvalue weighted by Crippen LogP contribution is -2.32. The topological polar surface area (TPSA) is 138 Å². The van der Waals surface area contributed by atoms with Crippen LogP contribution in [0.25, 0.3) is 12.2 Å². The summed E-state index contributed by atoms with van der Waals surface area (Å²) < 4.78 is 5.09. The molecule has 0 heterocycles. The van der Waals surface area contributed by atoms with E-state index in [2.05, 4.69) is 10.3 Å². The van der Waals surface area contributed by atoms with E-state index in [0.717, 1.165) is 16.8 Å². The highest BCUT2D eigenvalue weighted by molar-refractivity contribution is 5.70. The molecule has 10 heteroatoms. The van der Waals surface area contributed by atoms with Gasteiger partial charge in [-0.1, -0.05) is 41.6 Å². The first kappa shape index (κ1) is 28.7. The Balaban J connectivity index is 0.000000489. The number of aliphatic hydroxyl groups excluding tert-OH is 3. The maximum atomic E-state index is 10.4. The minimum atomic E-state index is -0.993. The smallest absolute Gasteiger partial charge is 0.341 e. The van der Waals surface area contributed by atoms with Gasteiger partial charge in [0.1, 0.15) is 5.75 Å². The number of carboxylic acids is 1. The van der Waals surface area contributed by atoms with Crippen LogP contribution in [0.15, 0.2) is 58.9 Å². The van der Waals surface area contributed by atoms with E-state index >= 15 is 0 Å². The number of carboxylic acid groups (broad SMARTS) is 1. The fourth-order valence-electron chi connectivity index (χ4n) is 2.57. The zero-order valence-corrected chi connectivity index (χ0v) is 19.6. The van der Waals surface area contributed by atoms with Crippen LogP contribution in [-0.4, -0.2) is 96.5 Å². The first-order valence-electron chi connectivity index (χ1n) is 10.7. The van der Waals surface area contributed by atoms with Gasteiger partial charge in [-0.05, 0) is 35.4 Å². The van der Waals surface area contributed by atoms with Gasteiger partial charge in [0.15, 0.2) is 6.61 Å². The quantitative estimate of drug-likeness (QED) is 0.197. The summed E-state index contributed by atoms with van der Waals surface area (Å²) in [6.07, 6.45) is 3.96. The van der Waals surface area contributed by atoms with Crippen LogP contribution in [0, 0.1) is 0 Å². The van der Waals surface area contributed by atoms with Gasteiger partial charge in [0, 0.05) is 33.7 Å². The zero-order valence-electron chi connectivity index (χ0n) is 19.6. The van der Waals surface area contributed by atoms with Crippen molar-refractivity contribution in [3.63, 3.8) is 0 Å². The van der Waals surface area contributed by atoms with Crippen molar-refractivity contribution in [3.8, 4) is 5.75 Å². The van der Waals surface area contributed by atoms with Crippen LogP contribution in [0.5, 0.6) is 5.75 Å². The Morgan fingerprint density at radius 2 is 1.32 bits per heavy atom. The van der Waals surface area contributed by atoms with Gasteiger partial charge in [-0.3, -0.25) is 9.91 Å². The van der Waals surface area contributed by atoms with Crippen LogP contribution in [0.1, 0.15) is 11.1 Å². The summed E-state index contributed by atoms with van der Waals surface area (Å²) in [4.78, 5) is 12.2. The second-order valence-corrected chi connectivity index (χ2v) is 7.23. The summed E-state index contributed by atoms with van der Waals surface area (Å²) in [6, 6.07) is 14.9. The van der Waals surface area contributed by atoms with E-state index in [1.54, 1.807) is 22.0 Å². The Morgan fingerprint density at radius 1 is 0.853 bits per heavy atom. The van der Waals surface area contributed by atoms with Crippen molar-refractivity contribution in [2.75, 3.05) is 60.2 Å². The average Bonchev–Trinajstić information content (AvgIpc) is 2.82. The van der Waals surface area contributed by atoms with Gasteiger partial charge < -0.3 is 25.2 Å². The number of carbonyl (C=O) groups is 1. The van der Waals surface area contributed by atoms with Crippen LogP contribution in [-0.2, 0) is 4.79 Å². The van der Waals surface area contributed by atoms with Gasteiger partial charge in [0.25, 0.3) is 0 Å². The predicted octanol–water partition coefficient (Wildman–Crippen LogP) is 2.15. The first-order valence-corrected chi connectivity index (χ1v) is 10.7. The fraction of sp³-hybridized carbons (Fsp3) is 0.375. The number of aliphatic hydroxyl groups is 3. The van der Waals surface area contributed by atoms with Crippen molar-refractivity contribution >= 4 is 23.8 Å². The minimum absolute atomic E-state index is 0.0694. The summed E-state index contributed by atoms with van der Waals surface area (Å²) >= 11 is 0. The third-order valence-electron chi connectivity index (χ3n) is 4.19. The third-order valence-corrected chi connectivity index (χ3v) is 4.19. The molecule has 0 bridgehead atoms. The van der Waals surface area contributed by atoms with Gasteiger partial charge in [-0.2, -0.15) is 0 Å². The Hall–Kier alpha value is -3.31. The number of hydrogen-bond donors (Lipinski definition) is 4. The summed E-state index contributed by atoms with van der Waals surface area (Å²) in [5.41, 5.74) is 2.83. The molecule has 0 atom stereocenters. The maximum Gasteiger partial charge on any atom is 0.341 e. The number of nitrogens with zero attached hydrogens (tertiary/aromatic N) is 4. The molecule has 0 aromatic heterocycles. The van der Waals surface area contributed by atoms with Gasteiger partial charge >= 0.3 is 5.97 Å². The van der Waals surface area contributed by atoms with Gasteiger partial charge in [-0.25, -0.2) is 4.79 Å². The number of aliphatic carboxylic acids is 1. The number of hydrogen-bond acceptors (Lipinski definition) is 8. The summed E-state index contributed by atoms with van der Waals surface area (Å²) in [5, 5.41) is 43.7. The Bertz CT molecular complexity index is 856. The highest BCUT2D eigenvalue weighted by atomic mass is 16.5. The molecule has 10 nitrogen and oxygen atoms in total. The van der Waals surface area contributed by atoms with Crippen molar-refractivity contribution < 1.29 is 30.0 Å². The molecule has 0 unspecified atom stereocenters. The molecule has 2 aromatic rings. The number of rotatable bonds is 13. The van der Waals surface area contributed by atoms with E-state index in [1.807, 2.05) is 62.6 Å². The molecular weight excluding hydrogens is 440 g/mol. The average molecular weight is 475 g/mol. The molecule has 0 saturated carbocycles. The second kappa shape index (κ2) is 17.2. The van der Waals surface area contributed by atoms with Gasteiger partial charge in [-0.15, -0.1) is 5.11 Å². The SMILES string of the molecule is CN(C)/N=N\c1ccc(/C=C\c2ccc(OCC(=O)O)cc2)cc1.OCCN(CCO)CCO. The standard InChI is InChI=1S/C18H19N3O3.C6H15NO3/c1-21(2)20-19-16-9-5-14(6-10-16)3-4-15-7-11-17(12-8-15)24-13-18(22)23;8-4-1-7(2-5-9)3-6-10/h3-12H,13H2,1-2H3,(H,22,23);8-10H,1-6H2/b4-3-,20-19-;. The summed E-state index contributed by atoms with van der Waals surface area (Å²) in [5.74, 6) is -0.460. The molecule has 34 heavy (non-hydrogen) atoms. The first-order chi connectivity index (χ1) is 16.4. The number of ether oxygens (including phenoxy) is 1. The number of benzene rings is 2. The van der Waals surface area contributed by atoms with E-state index in [-0.39, 0.29) is 26.4 Å². The van der Waals surface area contributed by atoms with Crippen LogP contribution in [0.3, 0.4) is 0 Å². The van der Waals surface area contributed by atoms with E-state index in [1.165, 1.54) is 0 Å². The van der Waals surface area contributed by atoms with Crippen molar-refractivity contribution in [2.24, 2.45) is 10.3 Å².